The fourth-order valence-corrected chi connectivity index (χ4v) is 3.79. The molecule has 0 saturated carbocycles. The van der Waals surface area contributed by atoms with Gasteiger partial charge in [-0.25, -0.2) is 4.99 Å². The molecule has 1 aliphatic rings. The zero-order valence-corrected chi connectivity index (χ0v) is 18.4. The van der Waals surface area contributed by atoms with Gasteiger partial charge in [0.2, 0.25) is 0 Å². The molecule has 4 aromatic rings. The average molecular weight is 434 g/mol. The van der Waals surface area contributed by atoms with Crippen molar-refractivity contribution in [1.29, 1.82) is 0 Å². The molecule has 5 nitrogen and oxygen atoms in total. The molecule has 0 atom stereocenters. The average Bonchev–Trinajstić information content (AvgIpc) is 3.09. The minimum Gasteiger partial charge on any atom is -0.497 e. The maximum atomic E-state index is 5.27. The van der Waals surface area contributed by atoms with Crippen LogP contribution >= 0.6 is 0 Å². The van der Waals surface area contributed by atoms with Gasteiger partial charge in [-0.15, -0.1) is 0 Å². The van der Waals surface area contributed by atoms with Crippen molar-refractivity contribution < 1.29 is 9.47 Å². The minimum absolute atomic E-state index is 0.690. The van der Waals surface area contributed by atoms with E-state index in [-0.39, 0.29) is 0 Å². The van der Waals surface area contributed by atoms with Crippen molar-refractivity contribution in [3.63, 3.8) is 0 Å². The van der Waals surface area contributed by atoms with Gasteiger partial charge < -0.3 is 9.47 Å². The van der Waals surface area contributed by atoms with E-state index < -0.39 is 0 Å². The van der Waals surface area contributed by atoms with E-state index in [1.54, 1.807) is 14.2 Å². The summed E-state index contributed by atoms with van der Waals surface area (Å²) < 4.78 is 10.5. The van der Waals surface area contributed by atoms with Crippen LogP contribution in [0.2, 0.25) is 0 Å². The summed E-state index contributed by atoms with van der Waals surface area (Å²) in [6, 6.07) is 32.3. The first-order chi connectivity index (χ1) is 16.2. The smallest absolute Gasteiger partial charge is 0.154 e. The lowest BCUT2D eigenvalue weighted by atomic mass is 9.98. The molecule has 0 aromatic heterocycles. The van der Waals surface area contributed by atoms with Gasteiger partial charge in [0.15, 0.2) is 5.84 Å². The van der Waals surface area contributed by atoms with Gasteiger partial charge in [0.25, 0.3) is 0 Å². The van der Waals surface area contributed by atoms with E-state index in [1.165, 1.54) is 0 Å². The first-order valence-electron chi connectivity index (χ1n) is 10.7. The summed E-state index contributed by atoms with van der Waals surface area (Å²) in [6.07, 6.45) is 0. The molecule has 0 spiro atoms. The number of hydrazone groups is 1. The summed E-state index contributed by atoms with van der Waals surface area (Å²) in [5.41, 5.74) is 10.1. The summed E-state index contributed by atoms with van der Waals surface area (Å²) in [5.74, 6) is 2.34. The van der Waals surface area contributed by atoms with Crippen LogP contribution in [0.3, 0.4) is 0 Å². The molecule has 1 N–H and O–H groups in total. The zero-order chi connectivity index (χ0) is 22.6. The third-order valence-corrected chi connectivity index (χ3v) is 5.61. The molecule has 1 aliphatic heterocycles. The Morgan fingerprint density at radius 3 is 1.70 bits per heavy atom. The van der Waals surface area contributed by atoms with E-state index in [0.717, 1.165) is 50.7 Å². The van der Waals surface area contributed by atoms with Crippen LogP contribution in [0.1, 0.15) is 16.7 Å². The second-order valence-electron chi connectivity index (χ2n) is 7.58. The zero-order valence-electron chi connectivity index (χ0n) is 18.4. The van der Waals surface area contributed by atoms with Crippen LogP contribution in [-0.4, -0.2) is 25.8 Å². The second-order valence-corrected chi connectivity index (χ2v) is 7.58. The van der Waals surface area contributed by atoms with Crippen LogP contribution in [0.25, 0.3) is 11.1 Å². The van der Waals surface area contributed by atoms with E-state index >= 15 is 0 Å². The van der Waals surface area contributed by atoms with Crippen LogP contribution < -0.4 is 14.9 Å². The summed E-state index contributed by atoms with van der Waals surface area (Å²) in [6.45, 7) is 0. The number of nitrogens with zero attached hydrogens (tertiary/aromatic N) is 2. The van der Waals surface area contributed by atoms with Gasteiger partial charge in [0.05, 0.1) is 25.6 Å². The van der Waals surface area contributed by atoms with Crippen LogP contribution in [0.5, 0.6) is 11.5 Å². The molecule has 0 bridgehead atoms. The van der Waals surface area contributed by atoms with Gasteiger partial charge in [-0.05, 0) is 53.6 Å². The van der Waals surface area contributed by atoms with Gasteiger partial charge in [-0.2, -0.15) is 5.10 Å². The molecule has 0 saturated heterocycles. The Hall–Kier alpha value is -4.38. The lowest BCUT2D eigenvalue weighted by Gasteiger charge is -2.09. The summed E-state index contributed by atoms with van der Waals surface area (Å²) >= 11 is 0. The number of amidine groups is 1. The highest BCUT2D eigenvalue weighted by atomic mass is 16.5. The molecule has 0 aliphatic carbocycles. The number of hydrogen-bond acceptors (Lipinski definition) is 5. The molecule has 5 rings (SSSR count). The largest absolute Gasteiger partial charge is 0.497 e. The molecular formula is C28H23N3O2. The molecule has 0 unspecified atom stereocenters. The van der Waals surface area contributed by atoms with E-state index in [1.807, 2.05) is 60.7 Å². The second kappa shape index (κ2) is 9.01. The summed E-state index contributed by atoms with van der Waals surface area (Å²) in [4.78, 5) is 4.86. The number of rotatable bonds is 5. The Morgan fingerprint density at radius 1 is 0.576 bits per heavy atom. The van der Waals surface area contributed by atoms with E-state index in [0.29, 0.717) is 5.84 Å². The lowest BCUT2D eigenvalue weighted by molar-refractivity contribution is 0.414. The molecule has 4 aromatic carbocycles. The van der Waals surface area contributed by atoms with Gasteiger partial charge in [-0.3, -0.25) is 5.43 Å². The third-order valence-electron chi connectivity index (χ3n) is 5.61. The Bertz CT molecular complexity index is 1320. The molecule has 162 valence electrons. The first-order valence-corrected chi connectivity index (χ1v) is 10.7. The number of ether oxygens (including phenoxy) is 2. The molecule has 0 fully saturated rings. The molecule has 33 heavy (non-hydrogen) atoms. The maximum Gasteiger partial charge on any atom is 0.154 e. The highest BCUT2D eigenvalue weighted by molar-refractivity contribution is 6.18. The van der Waals surface area contributed by atoms with Gasteiger partial charge in [0.1, 0.15) is 11.5 Å². The van der Waals surface area contributed by atoms with Crippen molar-refractivity contribution >= 4 is 17.2 Å². The Labute approximate surface area is 193 Å². The van der Waals surface area contributed by atoms with Crippen LogP contribution in [0.15, 0.2) is 107 Å². The summed E-state index contributed by atoms with van der Waals surface area (Å²) in [7, 11) is 3.33. The van der Waals surface area contributed by atoms with Crippen molar-refractivity contribution in [2.45, 2.75) is 0 Å². The Balaban J connectivity index is 1.49. The Kier molecular flexibility index (Phi) is 5.60. The number of nitrogens with one attached hydrogen (secondary N) is 1. The van der Waals surface area contributed by atoms with Crippen molar-refractivity contribution in [2.75, 3.05) is 14.2 Å². The predicted octanol–water partition coefficient (Wildman–Crippen LogP) is 5.80. The molecule has 0 radical (unpaired) electrons. The van der Waals surface area contributed by atoms with Crippen LogP contribution in [-0.2, 0) is 0 Å². The van der Waals surface area contributed by atoms with Crippen LogP contribution in [0.4, 0.5) is 5.69 Å². The van der Waals surface area contributed by atoms with E-state index in [9.17, 15) is 0 Å². The third kappa shape index (κ3) is 4.21. The number of aliphatic imine (C=N–C) groups is 1. The van der Waals surface area contributed by atoms with Gasteiger partial charge >= 0.3 is 0 Å². The van der Waals surface area contributed by atoms with Crippen molar-refractivity contribution in [3.05, 3.63) is 114 Å². The van der Waals surface area contributed by atoms with Gasteiger partial charge in [0, 0.05) is 16.7 Å². The van der Waals surface area contributed by atoms with E-state index in [4.69, 9.17) is 19.6 Å². The maximum absolute atomic E-state index is 5.27. The quantitative estimate of drug-likeness (QED) is 0.432. The number of methoxy groups -OCH3 is 2. The minimum atomic E-state index is 0.690. The van der Waals surface area contributed by atoms with E-state index in [2.05, 4.69) is 41.8 Å². The molecular weight excluding hydrogens is 410 g/mol. The first kappa shape index (κ1) is 20.5. The number of para-hydroxylation sites is 1. The standard InChI is InChI=1S/C28H23N3O2/c1-32-23-15-11-20(12-16-23)19-7-9-21(10-8-19)27-25-5-3-4-6-26(25)29-28(31-30-27)22-13-17-24(33-2)18-14-22/h3-18H,1-2H3,(H,29,31). The topological polar surface area (TPSA) is 55.2 Å². The highest BCUT2D eigenvalue weighted by Gasteiger charge is 2.17. The monoisotopic (exact) mass is 433 g/mol. The normalized spacial score (nSPS) is 12.5. The number of hydrogen-bond donors (Lipinski definition) is 1. The molecule has 0 amide bonds. The molecule has 1 heterocycles. The fraction of sp³-hybridized carbons (Fsp3) is 0.0714. The highest BCUT2D eigenvalue weighted by Crippen LogP contribution is 2.28. The molecule has 5 heteroatoms. The predicted molar refractivity (Wildman–Crippen MR) is 133 cm³/mol. The Morgan fingerprint density at radius 2 is 1.09 bits per heavy atom. The number of benzene rings is 4. The SMILES string of the molecule is COc1ccc(C2=Nc3ccccc3C(c3ccc(-c4ccc(OC)cc4)cc3)=NN2)cc1. The van der Waals surface area contributed by atoms with Crippen molar-refractivity contribution in [3.8, 4) is 22.6 Å². The number of fused-ring (bicyclic) bond motifs is 1. The fourth-order valence-electron chi connectivity index (χ4n) is 3.79. The van der Waals surface area contributed by atoms with Crippen molar-refractivity contribution in [2.24, 2.45) is 10.1 Å². The lowest BCUT2D eigenvalue weighted by Crippen LogP contribution is -2.19. The van der Waals surface area contributed by atoms with Gasteiger partial charge in [-0.1, -0.05) is 54.6 Å². The van der Waals surface area contributed by atoms with Crippen LogP contribution in [0, 0.1) is 0 Å². The summed E-state index contributed by atoms with van der Waals surface area (Å²) in [5, 5.41) is 4.75. The van der Waals surface area contributed by atoms with Crippen molar-refractivity contribution in [1.82, 2.24) is 5.43 Å².